The Morgan fingerprint density at radius 1 is 1.26 bits per heavy atom. The molecule has 0 unspecified atom stereocenters. The van der Waals surface area contributed by atoms with Crippen LogP contribution >= 0.6 is 0 Å². The van der Waals surface area contributed by atoms with Crippen molar-refractivity contribution in [3.05, 3.63) is 68.5 Å². The smallest absolute Gasteiger partial charge is 0.325 e. The summed E-state index contributed by atoms with van der Waals surface area (Å²) in [6.07, 6.45) is 2.57. The van der Waals surface area contributed by atoms with Crippen LogP contribution in [0, 0.1) is 6.92 Å². The molecule has 2 aromatic heterocycles. The fourth-order valence-electron chi connectivity index (χ4n) is 2.87. The quantitative estimate of drug-likeness (QED) is 0.598. The van der Waals surface area contributed by atoms with Gasteiger partial charge in [0, 0.05) is 17.8 Å². The number of hydrogen-bond acceptors (Lipinski definition) is 5. The second-order valence-electron chi connectivity index (χ2n) is 6.11. The zero-order chi connectivity index (χ0) is 19.4. The minimum atomic E-state index is -0.564. The highest BCUT2D eigenvalue weighted by atomic mass is 16.2. The third kappa shape index (κ3) is 4.02. The van der Waals surface area contributed by atoms with Crippen molar-refractivity contribution in [2.24, 2.45) is 0 Å². The van der Waals surface area contributed by atoms with Crippen molar-refractivity contribution < 1.29 is 4.79 Å². The maximum absolute atomic E-state index is 12.5. The molecule has 0 fully saturated rings. The van der Waals surface area contributed by atoms with Crippen LogP contribution in [0.3, 0.4) is 0 Å². The van der Waals surface area contributed by atoms with Crippen LogP contribution in [0.1, 0.15) is 35.2 Å². The molecule has 27 heavy (non-hydrogen) atoms. The van der Waals surface area contributed by atoms with Gasteiger partial charge in [0.25, 0.3) is 11.5 Å². The number of aryl methyl sites for hydroxylation is 2. The van der Waals surface area contributed by atoms with Gasteiger partial charge in [-0.15, -0.1) is 10.2 Å². The molecule has 3 rings (SSSR count). The van der Waals surface area contributed by atoms with E-state index in [1.165, 1.54) is 0 Å². The Labute approximate surface area is 154 Å². The highest BCUT2D eigenvalue weighted by Crippen LogP contribution is 2.18. The molecule has 0 saturated carbocycles. The van der Waals surface area contributed by atoms with E-state index in [9.17, 15) is 14.4 Å². The topological polar surface area (TPSA) is 126 Å². The number of aromatic nitrogens is 5. The molecule has 0 spiro atoms. The number of nitrogens with zero attached hydrogens (tertiary/aromatic N) is 3. The SMILES string of the molecule is CCCn1cnnc1CNC(=O)c1cccc(-c2c(C)[nH]c(=O)[nH]c2=O)c1. The van der Waals surface area contributed by atoms with Crippen molar-refractivity contribution in [1.29, 1.82) is 0 Å². The first-order chi connectivity index (χ1) is 13.0. The summed E-state index contributed by atoms with van der Waals surface area (Å²) in [6, 6.07) is 6.67. The van der Waals surface area contributed by atoms with Gasteiger partial charge in [-0.2, -0.15) is 0 Å². The van der Waals surface area contributed by atoms with Crippen LogP contribution in [-0.4, -0.2) is 30.6 Å². The summed E-state index contributed by atoms with van der Waals surface area (Å²) < 4.78 is 1.89. The summed E-state index contributed by atoms with van der Waals surface area (Å²) in [6.45, 7) is 4.72. The largest absolute Gasteiger partial charge is 0.345 e. The second-order valence-corrected chi connectivity index (χ2v) is 6.11. The number of hydrogen-bond donors (Lipinski definition) is 3. The third-order valence-corrected chi connectivity index (χ3v) is 4.11. The maximum Gasteiger partial charge on any atom is 0.325 e. The lowest BCUT2D eigenvalue weighted by Gasteiger charge is -2.09. The second kappa shape index (κ2) is 7.81. The molecule has 0 aliphatic heterocycles. The van der Waals surface area contributed by atoms with E-state index >= 15 is 0 Å². The summed E-state index contributed by atoms with van der Waals surface area (Å²) in [5.41, 5.74) is 0.652. The van der Waals surface area contributed by atoms with Gasteiger partial charge in [-0.3, -0.25) is 14.6 Å². The van der Waals surface area contributed by atoms with E-state index in [2.05, 4.69) is 25.5 Å². The molecule has 0 radical (unpaired) electrons. The van der Waals surface area contributed by atoms with Crippen molar-refractivity contribution in [3.63, 3.8) is 0 Å². The molecule has 0 bridgehead atoms. The van der Waals surface area contributed by atoms with Crippen LogP contribution in [0.5, 0.6) is 0 Å². The van der Waals surface area contributed by atoms with Crippen LogP contribution < -0.4 is 16.6 Å². The average molecular weight is 368 g/mol. The van der Waals surface area contributed by atoms with E-state index in [1.54, 1.807) is 37.5 Å². The predicted octanol–water partition coefficient (Wildman–Crippen LogP) is 0.970. The first kappa shape index (κ1) is 18.3. The summed E-state index contributed by atoms with van der Waals surface area (Å²) >= 11 is 0. The zero-order valence-corrected chi connectivity index (χ0v) is 15.1. The van der Waals surface area contributed by atoms with Gasteiger partial charge in [-0.1, -0.05) is 19.1 Å². The van der Waals surface area contributed by atoms with E-state index < -0.39 is 11.2 Å². The molecule has 0 saturated heterocycles. The molecule has 9 nitrogen and oxygen atoms in total. The molecule has 9 heteroatoms. The highest BCUT2D eigenvalue weighted by molar-refractivity contribution is 5.95. The average Bonchev–Trinajstić information content (AvgIpc) is 3.06. The number of carbonyl (C=O) groups excluding carboxylic acids is 1. The lowest BCUT2D eigenvalue weighted by Crippen LogP contribution is -2.26. The van der Waals surface area contributed by atoms with E-state index in [1.807, 2.05) is 11.5 Å². The Bertz CT molecular complexity index is 1080. The number of rotatable bonds is 6. The van der Waals surface area contributed by atoms with Crippen molar-refractivity contribution in [2.75, 3.05) is 0 Å². The number of nitrogens with one attached hydrogen (secondary N) is 3. The number of benzene rings is 1. The van der Waals surface area contributed by atoms with Gasteiger partial charge < -0.3 is 14.9 Å². The molecule has 0 aliphatic carbocycles. The fraction of sp³-hybridized carbons (Fsp3) is 0.278. The summed E-state index contributed by atoms with van der Waals surface area (Å²) in [5.74, 6) is 0.385. The Kier molecular flexibility index (Phi) is 5.30. The lowest BCUT2D eigenvalue weighted by atomic mass is 10.0. The standard InChI is InChI=1S/C18H20N6O3/c1-3-7-24-10-20-23-14(24)9-19-16(25)13-6-4-5-12(8-13)15-11(2)21-18(27)22-17(15)26/h4-6,8,10H,3,7,9H2,1-2H3,(H,19,25)(H2,21,22,26,27). The molecule has 1 amide bonds. The Hall–Kier alpha value is -3.49. The Balaban J connectivity index is 1.81. The molecular formula is C18H20N6O3. The zero-order valence-electron chi connectivity index (χ0n) is 15.1. The van der Waals surface area contributed by atoms with Crippen LogP contribution in [0.15, 0.2) is 40.2 Å². The number of amides is 1. The van der Waals surface area contributed by atoms with E-state index in [0.29, 0.717) is 28.2 Å². The predicted molar refractivity (Wildman–Crippen MR) is 99.3 cm³/mol. The molecular weight excluding hydrogens is 348 g/mol. The van der Waals surface area contributed by atoms with Crippen LogP contribution in [0.25, 0.3) is 11.1 Å². The number of H-pyrrole nitrogens is 2. The maximum atomic E-state index is 12.5. The van der Waals surface area contributed by atoms with Gasteiger partial charge in [-0.05, 0) is 31.0 Å². The Morgan fingerprint density at radius 2 is 2.07 bits per heavy atom. The normalized spacial score (nSPS) is 10.7. The molecule has 1 aromatic carbocycles. The van der Waals surface area contributed by atoms with Gasteiger partial charge in [0.05, 0.1) is 12.1 Å². The van der Waals surface area contributed by atoms with E-state index in [4.69, 9.17) is 0 Å². The highest BCUT2D eigenvalue weighted by Gasteiger charge is 2.13. The minimum absolute atomic E-state index is 0.251. The fourth-order valence-corrected chi connectivity index (χ4v) is 2.87. The van der Waals surface area contributed by atoms with Gasteiger partial charge in [-0.25, -0.2) is 4.79 Å². The summed E-state index contributed by atoms with van der Waals surface area (Å²) in [4.78, 5) is 40.7. The first-order valence-electron chi connectivity index (χ1n) is 8.58. The van der Waals surface area contributed by atoms with Gasteiger partial charge >= 0.3 is 5.69 Å². The first-order valence-corrected chi connectivity index (χ1v) is 8.58. The van der Waals surface area contributed by atoms with Crippen LogP contribution in [0.2, 0.25) is 0 Å². The van der Waals surface area contributed by atoms with Gasteiger partial charge in [0.1, 0.15) is 6.33 Å². The van der Waals surface area contributed by atoms with Gasteiger partial charge in [0.15, 0.2) is 5.82 Å². The van der Waals surface area contributed by atoms with E-state index in [0.717, 1.165) is 13.0 Å². The molecule has 3 N–H and O–H groups in total. The van der Waals surface area contributed by atoms with Crippen LogP contribution in [0.4, 0.5) is 0 Å². The van der Waals surface area contributed by atoms with E-state index in [-0.39, 0.29) is 12.5 Å². The minimum Gasteiger partial charge on any atom is -0.345 e. The molecule has 0 aliphatic rings. The van der Waals surface area contributed by atoms with Crippen molar-refractivity contribution in [3.8, 4) is 11.1 Å². The molecule has 2 heterocycles. The van der Waals surface area contributed by atoms with Crippen molar-refractivity contribution >= 4 is 5.91 Å². The summed E-state index contributed by atoms with van der Waals surface area (Å²) in [5, 5.41) is 10.7. The van der Waals surface area contributed by atoms with Crippen molar-refractivity contribution in [1.82, 2.24) is 30.0 Å². The van der Waals surface area contributed by atoms with Crippen molar-refractivity contribution in [2.45, 2.75) is 33.4 Å². The lowest BCUT2D eigenvalue weighted by molar-refractivity contribution is 0.0949. The van der Waals surface area contributed by atoms with Crippen LogP contribution in [-0.2, 0) is 13.1 Å². The molecule has 3 aromatic rings. The molecule has 140 valence electrons. The third-order valence-electron chi connectivity index (χ3n) is 4.11. The monoisotopic (exact) mass is 368 g/mol. The summed E-state index contributed by atoms with van der Waals surface area (Å²) in [7, 11) is 0. The number of aromatic amines is 2. The molecule has 0 atom stereocenters. The van der Waals surface area contributed by atoms with Gasteiger partial charge in [0.2, 0.25) is 0 Å². The Morgan fingerprint density at radius 3 is 2.81 bits per heavy atom. The number of carbonyl (C=O) groups is 1.